The zero-order chi connectivity index (χ0) is 18.7. The molecule has 5 nitrogen and oxygen atoms in total. The van der Waals surface area contributed by atoms with Crippen LogP contribution in [-0.4, -0.2) is 34.8 Å². The van der Waals surface area contributed by atoms with Crippen molar-refractivity contribution in [2.24, 2.45) is 0 Å². The summed E-state index contributed by atoms with van der Waals surface area (Å²) in [6, 6.07) is 4.71. The van der Waals surface area contributed by atoms with E-state index in [0.29, 0.717) is 35.2 Å². The van der Waals surface area contributed by atoms with Crippen LogP contribution in [0.1, 0.15) is 46.6 Å². The van der Waals surface area contributed by atoms with Gasteiger partial charge >= 0.3 is 0 Å². The molecular formula is C20H28ClN3O2. The van der Waals surface area contributed by atoms with Crippen molar-refractivity contribution in [1.29, 1.82) is 0 Å². The molecule has 1 aromatic heterocycles. The van der Waals surface area contributed by atoms with Crippen LogP contribution in [0.2, 0.25) is 5.02 Å². The van der Waals surface area contributed by atoms with E-state index in [-0.39, 0.29) is 6.10 Å². The highest BCUT2D eigenvalue weighted by Gasteiger charge is 2.24. The topological polar surface area (TPSA) is 48.3 Å². The first-order valence-corrected chi connectivity index (χ1v) is 9.77. The first-order chi connectivity index (χ1) is 12.5. The van der Waals surface area contributed by atoms with Crippen LogP contribution in [0.25, 0.3) is 11.4 Å². The minimum atomic E-state index is 0.0503. The lowest BCUT2D eigenvalue weighted by atomic mass is 10.00. The molecule has 0 spiro atoms. The molecule has 0 aliphatic carbocycles. The van der Waals surface area contributed by atoms with Gasteiger partial charge in [0.25, 0.3) is 0 Å². The summed E-state index contributed by atoms with van der Waals surface area (Å²) in [6.07, 6.45) is 6.10. The van der Waals surface area contributed by atoms with Gasteiger partial charge in [0, 0.05) is 36.1 Å². The Hall–Kier alpha value is -1.72. The van der Waals surface area contributed by atoms with Crippen molar-refractivity contribution in [3.63, 3.8) is 0 Å². The lowest BCUT2D eigenvalue weighted by molar-refractivity contribution is 0.224. The van der Waals surface area contributed by atoms with Crippen molar-refractivity contribution < 1.29 is 9.47 Å². The van der Waals surface area contributed by atoms with Crippen molar-refractivity contribution in [2.45, 2.75) is 58.7 Å². The number of benzene rings is 1. The highest BCUT2D eigenvalue weighted by atomic mass is 35.5. The summed E-state index contributed by atoms with van der Waals surface area (Å²) in [5, 5.41) is 4.12. The largest absolute Gasteiger partial charge is 0.490 e. The summed E-state index contributed by atoms with van der Waals surface area (Å²) in [7, 11) is 0. The number of hydrogen-bond acceptors (Lipinski definition) is 4. The van der Waals surface area contributed by atoms with Gasteiger partial charge in [-0.2, -0.15) is 0 Å². The molecule has 0 amide bonds. The SMILES string of the molecule is CCOc1cc(-c2nccn2[C@@H]2CCN[C@@H](C)C2)c(Cl)cc1OC(C)C. The Balaban J connectivity index is 1.99. The average molecular weight is 378 g/mol. The molecule has 0 saturated carbocycles. The van der Waals surface area contributed by atoms with Crippen molar-refractivity contribution in [3.8, 4) is 22.9 Å². The van der Waals surface area contributed by atoms with E-state index in [1.165, 1.54) is 0 Å². The Bertz CT molecular complexity index is 745. The normalized spacial score (nSPS) is 20.4. The molecule has 1 aromatic carbocycles. The van der Waals surface area contributed by atoms with Crippen LogP contribution in [0.5, 0.6) is 11.5 Å². The molecule has 2 atom stereocenters. The zero-order valence-electron chi connectivity index (χ0n) is 16.0. The summed E-state index contributed by atoms with van der Waals surface area (Å²) in [5.74, 6) is 2.25. The maximum Gasteiger partial charge on any atom is 0.163 e. The average Bonchev–Trinajstić information content (AvgIpc) is 3.06. The van der Waals surface area contributed by atoms with E-state index in [1.54, 1.807) is 0 Å². The molecular weight excluding hydrogens is 350 g/mol. The lowest BCUT2D eigenvalue weighted by Gasteiger charge is -2.30. The van der Waals surface area contributed by atoms with Gasteiger partial charge in [-0.3, -0.25) is 0 Å². The predicted octanol–water partition coefficient (Wildman–Crippen LogP) is 4.70. The number of aromatic nitrogens is 2. The number of piperidine rings is 1. The summed E-state index contributed by atoms with van der Waals surface area (Å²) >= 11 is 6.61. The number of nitrogens with one attached hydrogen (secondary N) is 1. The molecule has 1 saturated heterocycles. The molecule has 26 heavy (non-hydrogen) atoms. The molecule has 6 heteroatoms. The van der Waals surface area contributed by atoms with Crippen molar-refractivity contribution in [1.82, 2.24) is 14.9 Å². The van der Waals surface area contributed by atoms with Crippen LogP contribution in [-0.2, 0) is 0 Å². The van der Waals surface area contributed by atoms with Crippen molar-refractivity contribution >= 4 is 11.6 Å². The van der Waals surface area contributed by atoms with Crippen molar-refractivity contribution in [2.75, 3.05) is 13.2 Å². The minimum absolute atomic E-state index is 0.0503. The zero-order valence-corrected chi connectivity index (χ0v) is 16.7. The highest BCUT2D eigenvalue weighted by Crippen LogP contribution is 2.40. The minimum Gasteiger partial charge on any atom is -0.490 e. The second kappa shape index (κ2) is 8.31. The van der Waals surface area contributed by atoms with Gasteiger partial charge in [-0.05, 0) is 53.1 Å². The first-order valence-electron chi connectivity index (χ1n) is 9.39. The molecule has 1 aliphatic rings. The second-order valence-electron chi connectivity index (χ2n) is 7.07. The Morgan fingerprint density at radius 2 is 2.15 bits per heavy atom. The molecule has 0 radical (unpaired) electrons. The van der Waals surface area contributed by atoms with E-state index in [2.05, 4.69) is 21.8 Å². The van der Waals surface area contributed by atoms with Gasteiger partial charge in [-0.15, -0.1) is 0 Å². The maximum atomic E-state index is 6.61. The predicted molar refractivity (Wildman–Crippen MR) is 105 cm³/mol. The molecule has 0 unspecified atom stereocenters. The molecule has 0 bridgehead atoms. The fourth-order valence-corrected chi connectivity index (χ4v) is 3.73. The van der Waals surface area contributed by atoms with Crippen LogP contribution < -0.4 is 14.8 Å². The standard InChI is InChI=1S/C20H28ClN3O2/c1-5-25-18-11-16(17(21)12-19(18)26-13(2)3)20-23-8-9-24(20)15-6-7-22-14(4)10-15/h8-9,11-15,22H,5-7,10H2,1-4H3/t14-,15+/m0/s1. The van der Waals surface area contributed by atoms with E-state index in [4.69, 9.17) is 21.1 Å². The van der Waals surface area contributed by atoms with Crippen LogP contribution >= 0.6 is 11.6 Å². The number of nitrogens with zero attached hydrogens (tertiary/aromatic N) is 2. The van der Waals surface area contributed by atoms with Crippen LogP contribution in [0.4, 0.5) is 0 Å². The van der Waals surface area contributed by atoms with E-state index in [0.717, 1.165) is 30.8 Å². The summed E-state index contributed by atoms with van der Waals surface area (Å²) in [6.45, 7) is 9.75. The van der Waals surface area contributed by atoms with E-state index < -0.39 is 0 Å². The van der Waals surface area contributed by atoms with Gasteiger partial charge in [0.2, 0.25) is 0 Å². The van der Waals surface area contributed by atoms with Gasteiger partial charge in [0.15, 0.2) is 11.5 Å². The quantitative estimate of drug-likeness (QED) is 0.792. The molecule has 142 valence electrons. The summed E-state index contributed by atoms with van der Waals surface area (Å²) in [4.78, 5) is 4.60. The second-order valence-corrected chi connectivity index (χ2v) is 7.48. The number of hydrogen-bond donors (Lipinski definition) is 1. The van der Waals surface area contributed by atoms with Gasteiger partial charge in [-0.1, -0.05) is 11.6 Å². The number of rotatable bonds is 6. The molecule has 3 rings (SSSR count). The number of halogens is 1. The van der Waals surface area contributed by atoms with Crippen LogP contribution in [0, 0.1) is 0 Å². The highest BCUT2D eigenvalue weighted by molar-refractivity contribution is 6.33. The van der Waals surface area contributed by atoms with E-state index in [1.807, 2.05) is 45.3 Å². The fourth-order valence-electron chi connectivity index (χ4n) is 3.50. The van der Waals surface area contributed by atoms with Gasteiger partial charge in [-0.25, -0.2) is 4.98 Å². The van der Waals surface area contributed by atoms with E-state index >= 15 is 0 Å². The lowest BCUT2D eigenvalue weighted by Crippen LogP contribution is -2.36. The maximum absolute atomic E-state index is 6.61. The number of ether oxygens (including phenoxy) is 2. The monoisotopic (exact) mass is 377 g/mol. The molecule has 2 aromatic rings. The molecule has 1 N–H and O–H groups in total. The summed E-state index contributed by atoms with van der Waals surface area (Å²) < 4.78 is 13.9. The Morgan fingerprint density at radius 1 is 1.35 bits per heavy atom. The molecule has 1 aliphatic heterocycles. The van der Waals surface area contributed by atoms with Crippen molar-refractivity contribution in [3.05, 3.63) is 29.5 Å². The van der Waals surface area contributed by atoms with Gasteiger partial charge < -0.3 is 19.4 Å². The van der Waals surface area contributed by atoms with Crippen LogP contribution in [0.15, 0.2) is 24.5 Å². The first kappa shape index (κ1) is 19.1. The smallest absolute Gasteiger partial charge is 0.163 e. The van der Waals surface area contributed by atoms with E-state index in [9.17, 15) is 0 Å². The third-order valence-corrected chi connectivity index (χ3v) is 4.91. The van der Waals surface area contributed by atoms with Gasteiger partial charge in [0.1, 0.15) is 5.82 Å². The third kappa shape index (κ3) is 4.15. The van der Waals surface area contributed by atoms with Gasteiger partial charge in [0.05, 0.1) is 17.7 Å². The Labute approximate surface area is 160 Å². The summed E-state index contributed by atoms with van der Waals surface area (Å²) in [5.41, 5.74) is 0.877. The number of imidazole rings is 1. The Kier molecular flexibility index (Phi) is 6.09. The molecule has 2 heterocycles. The molecule has 1 fully saturated rings. The third-order valence-electron chi connectivity index (χ3n) is 4.59. The van der Waals surface area contributed by atoms with Crippen LogP contribution in [0.3, 0.4) is 0 Å². The fraction of sp³-hybridized carbons (Fsp3) is 0.550. The Morgan fingerprint density at radius 3 is 2.85 bits per heavy atom.